The number of nitrogens with zero attached hydrogens (tertiary/aromatic N) is 1. The van der Waals surface area contributed by atoms with E-state index >= 15 is 0 Å². The van der Waals surface area contributed by atoms with Gasteiger partial charge in [0, 0.05) is 31.6 Å². The summed E-state index contributed by atoms with van der Waals surface area (Å²) in [5, 5.41) is 6.32. The summed E-state index contributed by atoms with van der Waals surface area (Å²) in [5.41, 5.74) is 0.277. The lowest BCUT2D eigenvalue weighted by atomic mass is 9.75. The van der Waals surface area contributed by atoms with Gasteiger partial charge in [0.25, 0.3) is 0 Å². The highest BCUT2D eigenvalue weighted by atomic mass is 16.1. The summed E-state index contributed by atoms with van der Waals surface area (Å²) in [4.78, 5) is 13.8. The minimum absolute atomic E-state index is 0.144. The maximum atomic E-state index is 11.4. The zero-order chi connectivity index (χ0) is 14.3. The van der Waals surface area contributed by atoms with Crippen LogP contribution >= 0.6 is 0 Å². The maximum Gasteiger partial charge on any atom is 0.221 e. The largest absolute Gasteiger partial charge is 0.356 e. The Morgan fingerprint density at radius 1 is 1.42 bits per heavy atom. The fourth-order valence-corrected chi connectivity index (χ4v) is 3.17. The maximum absolute atomic E-state index is 11.4. The molecule has 1 saturated carbocycles. The first kappa shape index (κ1) is 16.4. The molecule has 1 aliphatic rings. The fourth-order valence-electron chi connectivity index (χ4n) is 3.17. The average molecular weight is 269 g/mol. The first-order valence-corrected chi connectivity index (χ1v) is 7.65. The van der Waals surface area contributed by atoms with Crippen molar-refractivity contribution >= 4 is 5.91 Å². The van der Waals surface area contributed by atoms with Crippen LogP contribution in [-0.4, -0.2) is 50.1 Å². The van der Waals surface area contributed by atoms with E-state index in [-0.39, 0.29) is 11.4 Å². The van der Waals surface area contributed by atoms with Crippen LogP contribution in [0.3, 0.4) is 0 Å². The van der Waals surface area contributed by atoms with Crippen LogP contribution in [0.5, 0.6) is 0 Å². The highest BCUT2D eigenvalue weighted by molar-refractivity contribution is 5.75. The average Bonchev–Trinajstić information content (AvgIpc) is 2.35. The molecule has 2 atom stereocenters. The normalized spacial score (nSPS) is 27.5. The summed E-state index contributed by atoms with van der Waals surface area (Å²) in [6.45, 7) is 6.79. The van der Waals surface area contributed by atoms with Crippen molar-refractivity contribution in [1.29, 1.82) is 0 Å². The monoisotopic (exact) mass is 269 g/mol. The van der Waals surface area contributed by atoms with Crippen molar-refractivity contribution in [3.05, 3.63) is 0 Å². The number of nitrogens with one attached hydrogen (secondary N) is 2. The molecule has 0 bridgehead atoms. The van der Waals surface area contributed by atoms with Gasteiger partial charge in [0.2, 0.25) is 5.91 Å². The molecule has 1 aliphatic carbocycles. The molecule has 1 fully saturated rings. The van der Waals surface area contributed by atoms with E-state index in [1.807, 2.05) is 6.92 Å². The molecule has 0 aromatic rings. The number of carbonyl (C=O) groups is 1. The number of hydrogen-bond acceptors (Lipinski definition) is 3. The summed E-state index contributed by atoms with van der Waals surface area (Å²) in [5.74, 6) is 0.951. The van der Waals surface area contributed by atoms with Crippen molar-refractivity contribution in [3.63, 3.8) is 0 Å². The summed E-state index contributed by atoms with van der Waals surface area (Å²) < 4.78 is 0. The zero-order valence-electron chi connectivity index (χ0n) is 13.1. The van der Waals surface area contributed by atoms with Crippen molar-refractivity contribution in [3.8, 4) is 0 Å². The Bertz CT molecular complexity index is 281. The van der Waals surface area contributed by atoms with Gasteiger partial charge in [-0.1, -0.05) is 19.8 Å². The Morgan fingerprint density at radius 3 is 2.74 bits per heavy atom. The molecule has 0 heterocycles. The molecule has 0 aromatic heterocycles. The second-order valence-electron chi connectivity index (χ2n) is 6.20. The molecule has 2 N–H and O–H groups in total. The van der Waals surface area contributed by atoms with E-state index < -0.39 is 0 Å². The van der Waals surface area contributed by atoms with Gasteiger partial charge in [-0.15, -0.1) is 0 Å². The topological polar surface area (TPSA) is 44.4 Å². The molecule has 0 spiro atoms. The first-order valence-electron chi connectivity index (χ1n) is 7.65. The smallest absolute Gasteiger partial charge is 0.221 e. The Labute approximate surface area is 118 Å². The Kier molecular flexibility index (Phi) is 6.80. The summed E-state index contributed by atoms with van der Waals surface area (Å²) >= 11 is 0. The number of likely N-dealkylation sites (N-methyl/N-ethyl adjacent to an activating group) is 1. The van der Waals surface area contributed by atoms with Crippen LogP contribution in [0.2, 0.25) is 0 Å². The Hall–Kier alpha value is -0.610. The molecule has 112 valence electrons. The van der Waals surface area contributed by atoms with Gasteiger partial charge in [0.15, 0.2) is 0 Å². The van der Waals surface area contributed by atoms with Crippen LogP contribution in [0, 0.1) is 5.92 Å². The van der Waals surface area contributed by atoms with Gasteiger partial charge in [0.1, 0.15) is 0 Å². The Morgan fingerprint density at radius 2 is 2.16 bits per heavy atom. The predicted octanol–water partition coefficient (Wildman–Crippen LogP) is 1.61. The molecule has 0 aliphatic heterocycles. The van der Waals surface area contributed by atoms with Crippen LogP contribution in [-0.2, 0) is 4.79 Å². The van der Waals surface area contributed by atoms with E-state index in [0.717, 1.165) is 25.6 Å². The standard InChI is InChI=1S/C15H31N3O/c1-5-17-14(19)8-10-16-12-15(18(3)4)9-6-7-13(2)11-15/h13,16H,5-12H2,1-4H3,(H,17,19). The van der Waals surface area contributed by atoms with E-state index in [2.05, 4.69) is 36.6 Å². The van der Waals surface area contributed by atoms with Gasteiger partial charge in [-0.3, -0.25) is 4.79 Å². The van der Waals surface area contributed by atoms with Crippen molar-refractivity contribution in [2.75, 3.05) is 33.7 Å². The fraction of sp³-hybridized carbons (Fsp3) is 0.933. The number of hydrogen-bond donors (Lipinski definition) is 2. The van der Waals surface area contributed by atoms with Crippen molar-refractivity contribution in [2.24, 2.45) is 5.92 Å². The van der Waals surface area contributed by atoms with Gasteiger partial charge in [-0.05, 0) is 39.8 Å². The zero-order valence-corrected chi connectivity index (χ0v) is 13.1. The van der Waals surface area contributed by atoms with Crippen molar-refractivity contribution < 1.29 is 4.79 Å². The lowest BCUT2D eigenvalue weighted by Gasteiger charge is -2.45. The molecule has 0 saturated heterocycles. The summed E-state index contributed by atoms with van der Waals surface area (Å²) in [6.07, 6.45) is 5.77. The number of amides is 1. The molecule has 4 heteroatoms. The third-order valence-corrected chi connectivity index (χ3v) is 4.37. The quantitative estimate of drug-likeness (QED) is 0.690. The third kappa shape index (κ3) is 5.11. The van der Waals surface area contributed by atoms with E-state index in [4.69, 9.17) is 0 Å². The van der Waals surface area contributed by atoms with E-state index in [9.17, 15) is 4.79 Å². The van der Waals surface area contributed by atoms with Crippen molar-refractivity contribution in [1.82, 2.24) is 15.5 Å². The minimum atomic E-state index is 0.144. The SMILES string of the molecule is CCNC(=O)CCNCC1(N(C)C)CCCC(C)C1. The van der Waals surface area contributed by atoms with E-state index in [0.29, 0.717) is 6.42 Å². The lowest BCUT2D eigenvalue weighted by molar-refractivity contribution is -0.120. The van der Waals surface area contributed by atoms with E-state index in [1.165, 1.54) is 25.7 Å². The number of rotatable bonds is 7. The van der Waals surface area contributed by atoms with Crippen LogP contribution in [0.1, 0.15) is 46.0 Å². The third-order valence-electron chi connectivity index (χ3n) is 4.37. The molecule has 4 nitrogen and oxygen atoms in total. The molecule has 1 rings (SSSR count). The van der Waals surface area contributed by atoms with Crippen LogP contribution < -0.4 is 10.6 Å². The lowest BCUT2D eigenvalue weighted by Crippen LogP contribution is -2.54. The summed E-state index contributed by atoms with van der Waals surface area (Å²) in [7, 11) is 4.37. The van der Waals surface area contributed by atoms with Crippen LogP contribution in [0.15, 0.2) is 0 Å². The summed E-state index contributed by atoms with van der Waals surface area (Å²) in [6, 6.07) is 0. The molecule has 19 heavy (non-hydrogen) atoms. The molecular formula is C15H31N3O. The van der Waals surface area contributed by atoms with Gasteiger partial charge in [-0.2, -0.15) is 0 Å². The minimum Gasteiger partial charge on any atom is -0.356 e. The predicted molar refractivity (Wildman–Crippen MR) is 80.2 cm³/mol. The Balaban J connectivity index is 2.36. The highest BCUT2D eigenvalue weighted by Gasteiger charge is 2.36. The molecule has 2 unspecified atom stereocenters. The molecule has 1 amide bonds. The molecule has 0 radical (unpaired) electrons. The second-order valence-corrected chi connectivity index (χ2v) is 6.20. The van der Waals surface area contributed by atoms with Crippen molar-refractivity contribution in [2.45, 2.75) is 51.5 Å². The highest BCUT2D eigenvalue weighted by Crippen LogP contribution is 2.35. The van der Waals surface area contributed by atoms with E-state index in [1.54, 1.807) is 0 Å². The van der Waals surface area contributed by atoms with Crippen LogP contribution in [0.25, 0.3) is 0 Å². The first-order chi connectivity index (χ1) is 9.00. The second kappa shape index (κ2) is 7.85. The molecular weight excluding hydrogens is 238 g/mol. The number of carbonyl (C=O) groups excluding carboxylic acids is 1. The van der Waals surface area contributed by atoms with Crippen LogP contribution in [0.4, 0.5) is 0 Å². The van der Waals surface area contributed by atoms with Gasteiger partial charge < -0.3 is 15.5 Å². The molecule has 0 aromatic carbocycles. The van der Waals surface area contributed by atoms with Gasteiger partial charge in [-0.25, -0.2) is 0 Å². The van der Waals surface area contributed by atoms with Gasteiger partial charge >= 0.3 is 0 Å². The van der Waals surface area contributed by atoms with Gasteiger partial charge in [0.05, 0.1) is 0 Å².